The normalized spacial score (nSPS) is 12.4. The maximum absolute atomic E-state index is 6.07. The lowest BCUT2D eigenvalue weighted by Crippen LogP contribution is -2.20. The van der Waals surface area contributed by atoms with E-state index in [1.54, 1.807) is 0 Å². The van der Waals surface area contributed by atoms with Gasteiger partial charge < -0.3 is 5.32 Å². The summed E-state index contributed by atoms with van der Waals surface area (Å²) in [5, 5.41) is 4.42. The summed E-state index contributed by atoms with van der Waals surface area (Å²) in [4.78, 5) is 0. The van der Waals surface area contributed by atoms with Crippen LogP contribution in [-0.4, -0.2) is 0 Å². The molecule has 0 heterocycles. The van der Waals surface area contributed by atoms with Gasteiger partial charge in [-0.2, -0.15) is 0 Å². The van der Waals surface area contributed by atoms with E-state index in [-0.39, 0.29) is 0 Å². The Morgan fingerprint density at radius 2 is 1.85 bits per heavy atom. The van der Waals surface area contributed by atoms with E-state index in [9.17, 15) is 0 Å². The lowest BCUT2D eigenvalue weighted by molar-refractivity contribution is 0.519. The van der Waals surface area contributed by atoms with Crippen molar-refractivity contribution in [3.05, 3.63) is 69.7 Å². The fraction of sp³-hybridized carbons (Fsp3) is 0.333. The van der Waals surface area contributed by atoms with Crippen LogP contribution < -0.4 is 5.32 Å². The van der Waals surface area contributed by atoms with E-state index in [1.165, 1.54) is 22.3 Å². The van der Waals surface area contributed by atoms with Gasteiger partial charge in [-0.15, -0.1) is 0 Å². The van der Waals surface area contributed by atoms with Crippen molar-refractivity contribution in [1.82, 2.24) is 5.32 Å². The molecule has 0 aromatic heterocycles. The molecule has 0 bridgehead atoms. The van der Waals surface area contributed by atoms with Gasteiger partial charge in [0.05, 0.1) is 0 Å². The Kier molecular flexibility index (Phi) is 5.22. The van der Waals surface area contributed by atoms with Crippen LogP contribution in [0.15, 0.2) is 42.5 Å². The smallest absolute Gasteiger partial charge is 0.0409 e. The van der Waals surface area contributed by atoms with Crippen LogP contribution in [0.25, 0.3) is 0 Å². The van der Waals surface area contributed by atoms with Crippen molar-refractivity contribution in [1.29, 1.82) is 0 Å². The van der Waals surface area contributed by atoms with Gasteiger partial charge in [-0.05, 0) is 54.7 Å². The zero-order valence-electron chi connectivity index (χ0n) is 12.4. The molecule has 1 unspecified atom stereocenters. The molecule has 1 nitrogen and oxygen atoms in total. The molecule has 2 aromatic rings. The summed E-state index contributed by atoms with van der Waals surface area (Å²) in [6.07, 6.45) is 1.05. The van der Waals surface area contributed by atoms with E-state index in [0.29, 0.717) is 6.04 Å². The number of nitrogens with one attached hydrogen (secondary N) is 1. The van der Waals surface area contributed by atoms with Gasteiger partial charge in [-0.1, -0.05) is 48.9 Å². The van der Waals surface area contributed by atoms with E-state index < -0.39 is 0 Å². The molecule has 0 saturated heterocycles. The molecule has 0 radical (unpaired) electrons. The van der Waals surface area contributed by atoms with Crippen LogP contribution in [0.3, 0.4) is 0 Å². The Morgan fingerprint density at radius 1 is 1.05 bits per heavy atom. The average molecular weight is 288 g/mol. The number of benzene rings is 2. The molecule has 2 rings (SSSR count). The third-order valence-electron chi connectivity index (χ3n) is 3.78. The molecule has 0 fully saturated rings. The van der Waals surface area contributed by atoms with E-state index in [0.717, 1.165) is 18.0 Å². The van der Waals surface area contributed by atoms with Crippen LogP contribution in [0, 0.1) is 13.8 Å². The Hall–Kier alpha value is -1.31. The summed E-state index contributed by atoms with van der Waals surface area (Å²) in [6, 6.07) is 15.1. The molecule has 1 atom stereocenters. The Bertz CT molecular complexity index is 577. The SMILES string of the molecule is CCC(NCc1ccc(C)c(C)c1)c1cccc(Cl)c1. The van der Waals surface area contributed by atoms with Gasteiger partial charge in [-0.25, -0.2) is 0 Å². The first-order valence-corrected chi connectivity index (χ1v) is 7.53. The second-order valence-corrected chi connectivity index (χ2v) is 5.75. The van der Waals surface area contributed by atoms with Crippen molar-refractivity contribution < 1.29 is 0 Å². The highest BCUT2D eigenvalue weighted by atomic mass is 35.5. The molecule has 0 spiro atoms. The van der Waals surface area contributed by atoms with Gasteiger partial charge in [0.1, 0.15) is 0 Å². The Labute approximate surface area is 127 Å². The largest absolute Gasteiger partial charge is 0.306 e. The summed E-state index contributed by atoms with van der Waals surface area (Å²) in [5.41, 5.74) is 5.27. The quantitative estimate of drug-likeness (QED) is 0.797. The van der Waals surface area contributed by atoms with E-state index in [1.807, 2.05) is 18.2 Å². The summed E-state index contributed by atoms with van der Waals surface area (Å²) < 4.78 is 0. The molecule has 0 aliphatic heterocycles. The predicted molar refractivity (Wildman–Crippen MR) is 87.2 cm³/mol. The van der Waals surface area contributed by atoms with Crippen molar-refractivity contribution >= 4 is 11.6 Å². The highest BCUT2D eigenvalue weighted by molar-refractivity contribution is 6.30. The highest BCUT2D eigenvalue weighted by Gasteiger charge is 2.09. The van der Waals surface area contributed by atoms with Crippen LogP contribution in [-0.2, 0) is 6.54 Å². The molecule has 2 heteroatoms. The molecule has 0 amide bonds. The number of halogens is 1. The summed E-state index contributed by atoms with van der Waals surface area (Å²) in [7, 11) is 0. The van der Waals surface area contributed by atoms with Crippen LogP contribution in [0.4, 0.5) is 0 Å². The van der Waals surface area contributed by atoms with Gasteiger partial charge in [0.15, 0.2) is 0 Å². The molecule has 0 aliphatic carbocycles. The molecular formula is C18H22ClN. The van der Waals surface area contributed by atoms with Crippen molar-refractivity contribution in [2.24, 2.45) is 0 Å². The average Bonchev–Trinajstić information content (AvgIpc) is 2.43. The number of aryl methyl sites for hydroxylation is 2. The summed E-state index contributed by atoms with van der Waals surface area (Å²) in [5.74, 6) is 0. The van der Waals surface area contributed by atoms with E-state index >= 15 is 0 Å². The maximum atomic E-state index is 6.07. The predicted octanol–water partition coefficient (Wildman–Crippen LogP) is 5.20. The van der Waals surface area contributed by atoms with Crippen LogP contribution in [0.1, 0.15) is 41.6 Å². The first-order valence-electron chi connectivity index (χ1n) is 7.15. The zero-order chi connectivity index (χ0) is 14.5. The number of hydrogen-bond donors (Lipinski definition) is 1. The third-order valence-corrected chi connectivity index (χ3v) is 4.02. The monoisotopic (exact) mass is 287 g/mol. The Balaban J connectivity index is 2.05. The van der Waals surface area contributed by atoms with Crippen molar-refractivity contribution in [3.8, 4) is 0 Å². The Morgan fingerprint density at radius 3 is 2.50 bits per heavy atom. The fourth-order valence-corrected chi connectivity index (χ4v) is 2.57. The topological polar surface area (TPSA) is 12.0 Å². The lowest BCUT2D eigenvalue weighted by atomic mass is 10.0. The van der Waals surface area contributed by atoms with Crippen LogP contribution >= 0.6 is 11.6 Å². The van der Waals surface area contributed by atoms with Gasteiger partial charge in [-0.3, -0.25) is 0 Å². The van der Waals surface area contributed by atoms with E-state index in [4.69, 9.17) is 11.6 Å². The first-order chi connectivity index (χ1) is 9.60. The highest BCUT2D eigenvalue weighted by Crippen LogP contribution is 2.21. The summed E-state index contributed by atoms with van der Waals surface area (Å²) in [6.45, 7) is 7.38. The second-order valence-electron chi connectivity index (χ2n) is 5.32. The first kappa shape index (κ1) is 15.1. The molecule has 106 valence electrons. The molecule has 1 N–H and O–H groups in total. The van der Waals surface area contributed by atoms with Gasteiger partial charge >= 0.3 is 0 Å². The molecule has 0 aliphatic rings. The third kappa shape index (κ3) is 3.84. The van der Waals surface area contributed by atoms with Crippen molar-refractivity contribution in [2.45, 2.75) is 39.8 Å². The zero-order valence-corrected chi connectivity index (χ0v) is 13.2. The molecule has 20 heavy (non-hydrogen) atoms. The van der Waals surface area contributed by atoms with Gasteiger partial charge in [0, 0.05) is 17.6 Å². The van der Waals surface area contributed by atoms with Crippen molar-refractivity contribution in [3.63, 3.8) is 0 Å². The van der Waals surface area contributed by atoms with Crippen LogP contribution in [0.2, 0.25) is 5.02 Å². The minimum atomic E-state index is 0.343. The van der Waals surface area contributed by atoms with Gasteiger partial charge in [0.2, 0.25) is 0 Å². The minimum Gasteiger partial charge on any atom is -0.306 e. The number of rotatable bonds is 5. The maximum Gasteiger partial charge on any atom is 0.0409 e. The molecular weight excluding hydrogens is 266 g/mol. The second kappa shape index (κ2) is 6.92. The standard InChI is InChI=1S/C18H22ClN/c1-4-18(16-6-5-7-17(19)11-16)20-12-15-9-8-13(2)14(3)10-15/h5-11,18,20H,4,12H2,1-3H3. The summed E-state index contributed by atoms with van der Waals surface area (Å²) >= 11 is 6.07. The lowest BCUT2D eigenvalue weighted by Gasteiger charge is -2.18. The van der Waals surface area contributed by atoms with Gasteiger partial charge in [0.25, 0.3) is 0 Å². The minimum absolute atomic E-state index is 0.343. The van der Waals surface area contributed by atoms with Crippen LogP contribution in [0.5, 0.6) is 0 Å². The number of hydrogen-bond acceptors (Lipinski definition) is 1. The molecule has 0 saturated carbocycles. The van der Waals surface area contributed by atoms with E-state index in [2.05, 4.69) is 50.4 Å². The van der Waals surface area contributed by atoms with Crippen molar-refractivity contribution in [2.75, 3.05) is 0 Å². The fourth-order valence-electron chi connectivity index (χ4n) is 2.38. The molecule has 2 aromatic carbocycles.